The van der Waals surface area contributed by atoms with Gasteiger partial charge in [-0.1, -0.05) is 0 Å². The molecule has 0 spiro atoms. The van der Waals surface area contributed by atoms with Gasteiger partial charge in [-0.15, -0.1) is 11.8 Å². The van der Waals surface area contributed by atoms with Crippen molar-refractivity contribution in [1.29, 1.82) is 0 Å². The lowest BCUT2D eigenvalue weighted by Gasteiger charge is -2.11. The largest absolute Gasteiger partial charge is 0.455 e. The van der Waals surface area contributed by atoms with Gasteiger partial charge >= 0.3 is 0 Å². The number of benzene rings is 2. The van der Waals surface area contributed by atoms with Crippen molar-refractivity contribution in [3.63, 3.8) is 0 Å². The Labute approximate surface area is 128 Å². The molecule has 5 nitrogen and oxygen atoms in total. The van der Waals surface area contributed by atoms with Crippen LogP contribution in [0.25, 0.3) is 0 Å². The van der Waals surface area contributed by atoms with Gasteiger partial charge in [0, 0.05) is 4.90 Å². The van der Waals surface area contributed by atoms with E-state index in [2.05, 4.69) is 0 Å². The molecular weight excluding hydrogens is 308 g/mol. The van der Waals surface area contributed by atoms with E-state index in [1.54, 1.807) is 11.8 Å². The Morgan fingerprint density at radius 1 is 1.14 bits per heavy atom. The monoisotopic (exact) mass is 324 g/mol. The van der Waals surface area contributed by atoms with E-state index in [-0.39, 0.29) is 10.6 Å². The van der Waals surface area contributed by atoms with Crippen molar-refractivity contribution >= 4 is 27.5 Å². The average molecular weight is 324 g/mol. The number of anilines is 1. The van der Waals surface area contributed by atoms with Gasteiger partial charge in [0.05, 0.1) is 10.6 Å². The van der Waals surface area contributed by atoms with Crippen molar-refractivity contribution in [1.82, 2.24) is 0 Å². The molecule has 0 bridgehead atoms. The first-order valence-corrected chi connectivity index (χ1v) is 8.83. The van der Waals surface area contributed by atoms with Gasteiger partial charge in [0.1, 0.15) is 11.5 Å². The van der Waals surface area contributed by atoms with E-state index in [0.717, 1.165) is 5.56 Å². The summed E-state index contributed by atoms with van der Waals surface area (Å²) in [7, 11) is -3.77. The summed E-state index contributed by atoms with van der Waals surface area (Å²) in [5.74, 6) is 1.03. The Hall–Kier alpha value is -1.70. The fraction of sp³-hybridized carbons (Fsp3) is 0.143. The molecule has 2 rings (SSSR count). The normalized spacial score (nSPS) is 11.4. The van der Waals surface area contributed by atoms with Crippen LogP contribution in [-0.4, -0.2) is 14.7 Å². The molecule has 0 saturated heterocycles. The lowest BCUT2D eigenvalue weighted by Crippen LogP contribution is -2.12. The highest BCUT2D eigenvalue weighted by atomic mass is 32.2. The van der Waals surface area contributed by atoms with Crippen LogP contribution in [-0.2, 0) is 10.0 Å². The summed E-state index contributed by atoms with van der Waals surface area (Å²) in [5, 5.41) is 5.05. The van der Waals surface area contributed by atoms with Crippen LogP contribution >= 0.6 is 11.8 Å². The van der Waals surface area contributed by atoms with Crippen molar-refractivity contribution in [3.05, 3.63) is 42.0 Å². The second-order valence-electron chi connectivity index (χ2n) is 4.48. The molecule has 0 heterocycles. The molecule has 21 heavy (non-hydrogen) atoms. The summed E-state index contributed by atoms with van der Waals surface area (Å²) in [4.78, 5) is 1.13. The third-order valence-electron chi connectivity index (χ3n) is 2.90. The van der Waals surface area contributed by atoms with Crippen LogP contribution in [0.2, 0.25) is 0 Å². The van der Waals surface area contributed by atoms with Gasteiger partial charge in [-0.3, -0.25) is 0 Å². The van der Waals surface area contributed by atoms with Crippen LogP contribution in [0, 0.1) is 6.92 Å². The van der Waals surface area contributed by atoms with Gasteiger partial charge in [0.25, 0.3) is 0 Å². The number of primary sulfonamides is 1. The summed E-state index contributed by atoms with van der Waals surface area (Å²) < 4.78 is 28.2. The number of hydrogen-bond acceptors (Lipinski definition) is 5. The minimum atomic E-state index is -3.77. The molecule has 112 valence electrons. The van der Waals surface area contributed by atoms with E-state index in [1.165, 1.54) is 23.1 Å². The molecule has 0 amide bonds. The molecule has 7 heteroatoms. The molecular formula is C14H16N2O3S2. The Balaban J connectivity index is 2.30. The third kappa shape index (κ3) is 3.69. The average Bonchev–Trinajstić information content (AvgIpc) is 2.40. The molecule has 0 unspecified atom stereocenters. The van der Waals surface area contributed by atoms with Crippen LogP contribution < -0.4 is 15.6 Å². The Kier molecular flexibility index (Phi) is 4.46. The maximum atomic E-state index is 11.2. The van der Waals surface area contributed by atoms with E-state index in [9.17, 15) is 8.42 Å². The van der Waals surface area contributed by atoms with Crippen molar-refractivity contribution in [2.75, 3.05) is 12.0 Å². The zero-order valence-electron chi connectivity index (χ0n) is 11.7. The zero-order valence-corrected chi connectivity index (χ0v) is 13.3. The van der Waals surface area contributed by atoms with E-state index in [0.29, 0.717) is 11.5 Å². The molecule has 0 fully saturated rings. The van der Waals surface area contributed by atoms with Gasteiger partial charge in [-0.25, -0.2) is 13.6 Å². The maximum Gasteiger partial charge on any atom is 0.238 e. The summed E-state index contributed by atoms with van der Waals surface area (Å²) in [6.07, 6.45) is 2.01. The van der Waals surface area contributed by atoms with E-state index in [1.807, 2.05) is 31.4 Å². The molecule has 0 atom stereocenters. The standard InChI is InChI=1S/C14H16N2O3S2/c1-9-7-10(3-6-14(9)20-2)19-13-5-4-11(8-12(13)15)21(16,17)18/h3-8H,15H2,1-2H3,(H2,16,17,18). The van der Waals surface area contributed by atoms with Gasteiger partial charge in [-0.05, 0) is 55.1 Å². The van der Waals surface area contributed by atoms with Gasteiger partial charge in [0.2, 0.25) is 10.0 Å². The molecule has 4 N–H and O–H groups in total. The van der Waals surface area contributed by atoms with E-state index < -0.39 is 10.0 Å². The number of ether oxygens (including phenoxy) is 1. The first kappa shape index (κ1) is 15.7. The fourth-order valence-electron chi connectivity index (χ4n) is 1.84. The maximum absolute atomic E-state index is 11.2. The molecule has 2 aromatic rings. The summed E-state index contributed by atoms with van der Waals surface area (Å²) in [5.41, 5.74) is 7.12. The highest BCUT2D eigenvalue weighted by molar-refractivity contribution is 7.98. The lowest BCUT2D eigenvalue weighted by molar-refractivity contribution is 0.483. The summed E-state index contributed by atoms with van der Waals surface area (Å²) in [6.45, 7) is 1.99. The number of nitrogen functional groups attached to an aromatic ring is 1. The number of nitrogens with two attached hydrogens (primary N) is 2. The van der Waals surface area contributed by atoms with Crippen LogP contribution in [0.5, 0.6) is 11.5 Å². The summed E-state index contributed by atoms with van der Waals surface area (Å²) >= 11 is 1.66. The SMILES string of the molecule is CSc1ccc(Oc2ccc(S(N)(=O)=O)cc2N)cc1C. The van der Waals surface area contributed by atoms with E-state index >= 15 is 0 Å². The smallest absolute Gasteiger partial charge is 0.238 e. The van der Waals surface area contributed by atoms with Crippen molar-refractivity contribution in [3.8, 4) is 11.5 Å². The van der Waals surface area contributed by atoms with Crippen LogP contribution in [0.4, 0.5) is 5.69 Å². The number of thioether (sulfide) groups is 1. The quantitative estimate of drug-likeness (QED) is 0.666. The van der Waals surface area contributed by atoms with Crippen LogP contribution in [0.15, 0.2) is 46.2 Å². The van der Waals surface area contributed by atoms with Crippen LogP contribution in [0.3, 0.4) is 0 Å². The number of sulfonamides is 1. The van der Waals surface area contributed by atoms with Gasteiger partial charge in [0.15, 0.2) is 0 Å². The molecule has 0 aromatic heterocycles. The van der Waals surface area contributed by atoms with Crippen LogP contribution in [0.1, 0.15) is 5.56 Å². The Morgan fingerprint density at radius 3 is 2.38 bits per heavy atom. The second-order valence-corrected chi connectivity index (χ2v) is 6.89. The Morgan fingerprint density at radius 2 is 1.86 bits per heavy atom. The van der Waals surface area contributed by atoms with Crippen molar-refractivity contribution < 1.29 is 13.2 Å². The molecule has 0 aliphatic carbocycles. The number of hydrogen-bond donors (Lipinski definition) is 2. The molecule has 0 saturated carbocycles. The van der Waals surface area contributed by atoms with Gasteiger partial charge < -0.3 is 10.5 Å². The topological polar surface area (TPSA) is 95.4 Å². The van der Waals surface area contributed by atoms with Crippen molar-refractivity contribution in [2.45, 2.75) is 16.7 Å². The molecule has 0 aliphatic rings. The highest BCUT2D eigenvalue weighted by Crippen LogP contribution is 2.31. The third-order valence-corrected chi connectivity index (χ3v) is 4.71. The predicted molar refractivity (Wildman–Crippen MR) is 85.3 cm³/mol. The fourth-order valence-corrected chi connectivity index (χ4v) is 2.97. The molecule has 0 aliphatic heterocycles. The lowest BCUT2D eigenvalue weighted by atomic mass is 10.2. The Bertz CT molecular complexity index is 774. The first-order valence-electron chi connectivity index (χ1n) is 6.06. The second kappa shape index (κ2) is 5.97. The first-order chi connectivity index (χ1) is 9.81. The van der Waals surface area contributed by atoms with Gasteiger partial charge in [-0.2, -0.15) is 0 Å². The highest BCUT2D eigenvalue weighted by Gasteiger charge is 2.11. The summed E-state index contributed by atoms with van der Waals surface area (Å²) in [6, 6.07) is 9.85. The predicted octanol–water partition coefficient (Wildman–Crippen LogP) is 2.74. The van der Waals surface area contributed by atoms with E-state index in [4.69, 9.17) is 15.6 Å². The number of rotatable bonds is 4. The van der Waals surface area contributed by atoms with Crippen molar-refractivity contribution in [2.24, 2.45) is 5.14 Å². The zero-order chi connectivity index (χ0) is 15.6. The molecule has 0 radical (unpaired) electrons. The number of aryl methyl sites for hydroxylation is 1. The minimum absolute atomic E-state index is 0.0405. The minimum Gasteiger partial charge on any atom is -0.455 e. The molecule has 2 aromatic carbocycles.